The topological polar surface area (TPSA) is 44.1 Å². The van der Waals surface area contributed by atoms with E-state index in [1.165, 1.54) is 0 Å². The molecule has 0 unspecified atom stereocenters. The lowest BCUT2D eigenvalue weighted by Gasteiger charge is -2.07. The number of hydrogen-bond acceptors (Lipinski definition) is 3. The smallest absolute Gasteiger partial charge is 0.171 e. The highest BCUT2D eigenvalue weighted by atomic mass is 35.5. The molecule has 0 saturated carbocycles. The predicted molar refractivity (Wildman–Crippen MR) is 74.0 cm³/mol. The van der Waals surface area contributed by atoms with Gasteiger partial charge < -0.3 is 4.74 Å². The minimum atomic E-state index is -0.0320. The maximum atomic E-state index is 12.3. The standard InChI is InChI=1S/C14H15ClN2O2/c1-9-11(14(15)17(2)16-9)8-12(18)10-6-4-5-7-13(10)19-3/h4-7H,8H2,1-3H3. The van der Waals surface area contributed by atoms with Crippen LogP contribution < -0.4 is 4.74 Å². The number of methoxy groups -OCH3 is 1. The molecule has 5 heteroatoms. The fraction of sp³-hybridized carbons (Fsp3) is 0.286. The van der Waals surface area contributed by atoms with Crippen LogP contribution in [0.4, 0.5) is 0 Å². The van der Waals surface area contributed by atoms with Crippen molar-refractivity contribution in [1.82, 2.24) is 9.78 Å². The lowest BCUT2D eigenvalue weighted by molar-refractivity contribution is 0.0990. The molecule has 0 spiro atoms. The Kier molecular flexibility index (Phi) is 3.90. The van der Waals surface area contributed by atoms with Crippen LogP contribution in [0.3, 0.4) is 0 Å². The van der Waals surface area contributed by atoms with Crippen molar-refractivity contribution in [2.75, 3.05) is 7.11 Å². The van der Waals surface area contributed by atoms with Gasteiger partial charge in [0.05, 0.1) is 18.4 Å². The molecule has 0 saturated heterocycles. The largest absolute Gasteiger partial charge is 0.496 e. The minimum absolute atomic E-state index is 0.0320. The van der Waals surface area contributed by atoms with Crippen LogP contribution in [0.5, 0.6) is 5.75 Å². The van der Waals surface area contributed by atoms with Crippen molar-refractivity contribution in [2.45, 2.75) is 13.3 Å². The molecule has 0 N–H and O–H groups in total. The Balaban J connectivity index is 2.31. The quantitative estimate of drug-likeness (QED) is 0.808. The molecule has 0 amide bonds. The number of halogens is 1. The van der Waals surface area contributed by atoms with Gasteiger partial charge in [-0.15, -0.1) is 0 Å². The molecule has 0 radical (unpaired) electrons. The number of ketones is 1. The molecule has 0 fully saturated rings. The maximum absolute atomic E-state index is 12.3. The summed E-state index contributed by atoms with van der Waals surface area (Å²) >= 11 is 6.14. The van der Waals surface area contributed by atoms with Crippen molar-refractivity contribution in [2.24, 2.45) is 7.05 Å². The third-order valence-corrected chi connectivity index (χ3v) is 3.49. The van der Waals surface area contributed by atoms with E-state index in [0.717, 1.165) is 11.3 Å². The van der Waals surface area contributed by atoms with Gasteiger partial charge in [-0.1, -0.05) is 23.7 Å². The minimum Gasteiger partial charge on any atom is -0.496 e. The Bertz CT molecular complexity index is 620. The summed E-state index contributed by atoms with van der Waals surface area (Å²) < 4.78 is 6.77. The molecule has 2 aromatic rings. The van der Waals surface area contributed by atoms with Crippen LogP contribution in [0.1, 0.15) is 21.6 Å². The predicted octanol–water partition coefficient (Wildman–Crippen LogP) is 2.82. The first-order chi connectivity index (χ1) is 9.04. The van der Waals surface area contributed by atoms with Crippen molar-refractivity contribution in [3.05, 3.63) is 46.2 Å². The first-order valence-corrected chi connectivity index (χ1v) is 6.26. The molecule has 0 aliphatic carbocycles. The average Bonchev–Trinajstić information content (AvgIpc) is 2.65. The van der Waals surface area contributed by atoms with Gasteiger partial charge in [-0.05, 0) is 19.1 Å². The van der Waals surface area contributed by atoms with E-state index < -0.39 is 0 Å². The van der Waals surface area contributed by atoms with Gasteiger partial charge in [0.2, 0.25) is 0 Å². The molecule has 1 aromatic carbocycles. The Hall–Kier alpha value is -1.81. The Morgan fingerprint density at radius 2 is 2.11 bits per heavy atom. The van der Waals surface area contributed by atoms with Gasteiger partial charge in [0.15, 0.2) is 5.78 Å². The SMILES string of the molecule is COc1ccccc1C(=O)Cc1c(C)nn(C)c1Cl. The van der Waals surface area contributed by atoms with Crippen LogP contribution in [0, 0.1) is 6.92 Å². The Labute approximate surface area is 116 Å². The van der Waals surface area contributed by atoms with E-state index in [1.807, 2.05) is 19.1 Å². The normalized spacial score (nSPS) is 10.5. The Morgan fingerprint density at radius 3 is 2.68 bits per heavy atom. The third-order valence-electron chi connectivity index (χ3n) is 3.01. The summed E-state index contributed by atoms with van der Waals surface area (Å²) in [7, 11) is 3.31. The van der Waals surface area contributed by atoms with E-state index in [9.17, 15) is 4.79 Å². The number of carbonyl (C=O) groups is 1. The summed E-state index contributed by atoms with van der Waals surface area (Å²) in [4.78, 5) is 12.3. The van der Waals surface area contributed by atoms with E-state index in [-0.39, 0.29) is 12.2 Å². The van der Waals surface area contributed by atoms with Crippen molar-refractivity contribution in [3.8, 4) is 5.75 Å². The molecule has 1 heterocycles. The first-order valence-electron chi connectivity index (χ1n) is 5.88. The highest BCUT2D eigenvalue weighted by Gasteiger charge is 2.18. The summed E-state index contributed by atoms with van der Waals surface area (Å²) in [6.45, 7) is 1.84. The van der Waals surface area contributed by atoms with Gasteiger partial charge in [-0.2, -0.15) is 5.10 Å². The van der Waals surface area contributed by atoms with Gasteiger partial charge in [0.1, 0.15) is 10.9 Å². The molecular weight excluding hydrogens is 264 g/mol. The van der Waals surface area contributed by atoms with E-state index in [1.54, 1.807) is 31.0 Å². The van der Waals surface area contributed by atoms with Gasteiger partial charge in [0, 0.05) is 19.0 Å². The number of para-hydroxylation sites is 1. The number of aromatic nitrogens is 2. The van der Waals surface area contributed by atoms with Gasteiger partial charge in [-0.3, -0.25) is 9.48 Å². The molecule has 4 nitrogen and oxygen atoms in total. The summed E-state index contributed by atoms with van der Waals surface area (Å²) in [5, 5.41) is 4.70. The van der Waals surface area contributed by atoms with Crippen LogP contribution in [-0.2, 0) is 13.5 Å². The summed E-state index contributed by atoms with van der Waals surface area (Å²) in [6.07, 6.45) is 0.221. The lowest BCUT2D eigenvalue weighted by atomic mass is 10.0. The van der Waals surface area contributed by atoms with Crippen molar-refractivity contribution < 1.29 is 9.53 Å². The fourth-order valence-corrected chi connectivity index (χ4v) is 2.25. The van der Waals surface area contributed by atoms with Crippen LogP contribution in [0.25, 0.3) is 0 Å². The second kappa shape index (κ2) is 5.45. The van der Waals surface area contributed by atoms with Gasteiger partial charge in [0.25, 0.3) is 0 Å². The van der Waals surface area contributed by atoms with E-state index in [0.29, 0.717) is 16.5 Å². The highest BCUT2D eigenvalue weighted by Crippen LogP contribution is 2.24. The Morgan fingerprint density at radius 1 is 1.42 bits per heavy atom. The molecule has 1 aromatic heterocycles. The molecule has 19 heavy (non-hydrogen) atoms. The molecule has 2 rings (SSSR count). The van der Waals surface area contributed by atoms with Crippen molar-refractivity contribution >= 4 is 17.4 Å². The molecule has 0 aliphatic rings. The number of Topliss-reactive ketones (excluding diaryl/α,β-unsaturated/α-hetero) is 1. The van der Waals surface area contributed by atoms with Crippen LogP contribution >= 0.6 is 11.6 Å². The van der Waals surface area contributed by atoms with Crippen LogP contribution in [-0.4, -0.2) is 22.7 Å². The molecule has 0 atom stereocenters. The zero-order chi connectivity index (χ0) is 14.0. The number of hydrogen-bond donors (Lipinski definition) is 0. The van der Waals surface area contributed by atoms with E-state index in [2.05, 4.69) is 5.10 Å². The number of nitrogens with zero attached hydrogens (tertiary/aromatic N) is 2. The molecule has 0 bridgehead atoms. The number of ether oxygens (including phenoxy) is 1. The summed E-state index contributed by atoms with van der Waals surface area (Å²) in [5.41, 5.74) is 2.10. The van der Waals surface area contributed by atoms with Gasteiger partial charge in [-0.25, -0.2) is 0 Å². The van der Waals surface area contributed by atoms with Gasteiger partial charge >= 0.3 is 0 Å². The molecule has 100 valence electrons. The summed E-state index contributed by atoms with van der Waals surface area (Å²) in [5.74, 6) is 0.542. The highest BCUT2D eigenvalue weighted by molar-refractivity contribution is 6.30. The van der Waals surface area contributed by atoms with Crippen molar-refractivity contribution in [3.63, 3.8) is 0 Å². The van der Waals surface area contributed by atoms with Crippen LogP contribution in [0.2, 0.25) is 5.15 Å². The summed E-state index contributed by atoms with van der Waals surface area (Å²) in [6, 6.07) is 7.16. The molecule has 0 aliphatic heterocycles. The first kappa shape index (κ1) is 13.6. The number of rotatable bonds is 4. The lowest BCUT2D eigenvalue weighted by Crippen LogP contribution is -2.06. The fourth-order valence-electron chi connectivity index (χ4n) is 2.01. The van der Waals surface area contributed by atoms with E-state index in [4.69, 9.17) is 16.3 Å². The average molecular weight is 279 g/mol. The monoisotopic (exact) mass is 278 g/mol. The zero-order valence-electron chi connectivity index (χ0n) is 11.1. The number of carbonyl (C=O) groups excluding carboxylic acids is 1. The zero-order valence-corrected chi connectivity index (χ0v) is 11.9. The number of aryl methyl sites for hydroxylation is 2. The third kappa shape index (κ3) is 2.63. The maximum Gasteiger partial charge on any atom is 0.171 e. The van der Waals surface area contributed by atoms with Crippen LogP contribution in [0.15, 0.2) is 24.3 Å². The second-order valence-corrected chi connectivity index (χ2v) is 4.64. The van der Waals surface area contributed by atoms with E-state index >= 15 is 0 Å². The second-order valence-electron chi connectivity index (χ2n) is 4.28. The number of benzene rings is 1. The van der Waals surface area contributed by atoms with Crippen molar-refractivity contribution in [1.29, 1.82) is 0 Å². The molecular formula is C14H15ClN2O2.